The standard InChI is InChI=1S/C24H24N8O2S/c1-24(2,3)30-35(33,34)21-9-4-6-17(12-21)22-11-10-20-14-25-23(29-32(20)22)28-18-7-5-8-19(13-18)31-15-26-27-16-31/h4-16,30H,1-3H3,(H,28,29). The first-order valence-corrected chi connectivity index (χ1v) is 12.4. The molecule has 0 aliphatic heterocycles. The van der Waals surface area contributed by atoms with Crippen LogP contribution in [0.3, 0.4) is 0 Å². The van der Waals surface area contributed by atoms with Crippen molar-refractivity contribution in [3.63, 3.8) is 0 Å². The van der Waals surface area contributed by atoms with Crippen molar-refractivity contribution < 1.29 is 8.42 Å². The third-order valence-corrected chi connectivity index (χ3v) is 6.85. The van der Waals surface area contributed by atoms with Gasteiger partial charge >= 0.3 is 0 Å². The van der Waals surface area contributed by atoms with Crippen molar-refractivity contribution in [2.75, 3.05) is 5.32 Å². The Hall–Kier alpha value is -4.09. The Labute approximate surface area is 202 Å². The van der Waals surface area contributed by atoms with E-state index in [0.717, 1.165) is 28.1 Å². The number of hydrogen-bond acceptors (Lipinski definition) is 7. The molecule has 0 radical (unpaired) electrons. The molecule has 5 aromatic rings. The smallest absolute Gasteiger partial charge is 0.245 e. The lowest BCUT2D eigenvalue weighted by atomic mass is 10.1. The molecule has 5 rings (SSSR count). The number of aromatic nitrogens is 6. The summed E-state index contributed by atoms with van der Waals surface area (Å²) in [5, 5.41) is 15.6. The third kappa shape index (κ3) is 4.91. The molecule has 3 heterocycles. The highest BCUT2D eigenvalue weighted by molar-refractivity contribution is 7.89. The topological polar surface area (TPSA) is 119 Å². The summed E-state index contributed by atoms with van der Waals surface area (Å²) in [6.45, 7) is 5.42. The van der Waals surface area contributed by atoms with Gasteiger partial charge in [-0.3, -0.25) is 4.57 Å². The first-order valence-electron chi connectivity index (χ1n) is 10.9. The molecule has 0 bridgehead atoms. The number of anilines is 2. The summed E-state index contributed by atoms with van der Waals surface area (Å²) in [5.74, 6) is 0.397. The maximum absolute atomic E-state index is 12.8. The molecule has 10 nitrogen and oxygen atoms in total. The molecule has 0 saturated heterocycles. The molecule has 0 spiro atoms. The van der Waals surface area contributed by atoms with Crippen LogP contribution in [0.4, 0.5) is 11.6 Å². The van der Waals surface area contributed by atoms with E-state index in [1.54, 1.807) is 46.1 Å². The minimum absolute atomic E-state index is 0.193. The van der Waals surface area contributed by atoms with Gasteiger partial charge in [-0.2, -0.15) is 0 Å². The number of nitrogens with zero attached hydrogens (tertiary/aromatic N) is 6. The van der Waals surface area contributed by atoms with Gasteiger partial charge in [0.05, 0.1) is 28.0 Å². The zero-order valence-electron chi connectivity index (χ0n) is 19.4. The third-order valence-electron chi connectivity index (χ3n) is 5.10. The molecule has 2 N–H and O–H groups in total. The van der Waals surface area contributed by atoms with E-state index >= 15 is 0 Å². The predicted octanol–water partition coefficient (Wildman–Crippen LogP) is 3.80. The van der Waals surface area contributed by atoms with Crippen LogP contribution in [0.15, 0.2) is 84.4 Å². The van der Waals surface area contributed by atoms with Gasteiger partial charge in [-0.15, -0.1) is 15.3 Å². The normalized spacial score (nSPS) is 12.2. The number of sulfonamides is 1. The predicted molar refractivity (Wildman–Crippen MR) is 133 cm³/mol. The molecule has 0 atom stereocenters. The van der Waals surface area contributed by atoms with E-state index in [2.05, 4.69) is 30.3 Å². The molecule has 3 aromatic heterocycles. The van der Waals surface area contributed by atoms with E-state index in [0.29, 0.717) is 5.95 Å². The molecule has 0 aliphatic rings. The molecule has 2 aromatic carbocycles. The second kappa shape index (κ2) is 8.60. The fraction of sp³-hybridized carbons (Fsp3) is 0.167. The Kier molecular flexibility index (Phi) is 5.58. The Morgan fingerprint density at radius 1 is 0.914 bits per heavy atom. The van der Waals surface area contributed by atoms with Gasteiger partial charge in [0.15, 0.2) is 0 Å². The van der Waals surface area contributed by atoms with E-state index in [9.17, 15) is 8.42 Å². The van der Waals surface area contributed by atoms with Crippen molar-refractivity contribution in [1.82, 2.24) is 34.1 Å². The van der Waals surface area contributed by atoms with Crippen LogP contribution >= 0.6 is 0 Å². The van der Waals surface area contributed by atoms with E-state index in [-0.39, 0.29) is 4.90 Å². The van der Waals surface area contributed by atoms with Crippen LogP contribution in [0.2, 0.25) is 0 Å². The van der Waals surface area contributed by atoms with E-state index in [4.69, 9.17) is 0 Å². The fourth-order valence-corrected chi connectivity index (χ4v) is 5.13. The molecule has 0 saturated carbocycles. The van der Waals surface area contributed by atoms with Gasteiger partial charge in [0, 0.05) is 16.8 Å². The highest BCUT2D eigenvalue weighted by Crippen LogP contribution is 2.26. The second-order valence-electron chi connectivity index (χ2n) is 9.06. The Morgan fingerprint density at radius 2 is 1.69 bits per heavy atom. The molecular weight excluding hydrogens is 464 g/mol. The van der Waals surface area contributed by atoms with Crippen molar-refractivity contribution in [2.45, 2.75) is 31.2 Å². The average Bonchev–Trinajstić information content (AvgIpc) is 3.48. The summed E-state index contributed by atoms with van der Waals surface area (Å²) in [5.41, 5.74) is 3.36. The Balaban J connectivity index is 1.48. The molecule has 0 unspecified atom stereocenters. The van der Waals surface area contributed by atoms with Crippen LogP contribution in [0, 0.1) is 0 Å². The van der Waals surface area contributed by atoms with Gasteiger partial charge in [0.1, 0.15) is 12.7 Å². The lowest BCUT2D eigenvalue weighted by Crippen LogP contribution is -2.40. The van der Waals surface area contributed by atoms with Gasteiger partial charge < -0.3 is 5.32 Å². The van der Waals surface area contributed by atoms with Crippen LogP contribution in [0.5, 0.6) is 0 Å². The summed E-state index contributed by atoms with van der Waals surface area (Å²) >= 11 is 0. The minimum atomic E-state index is -3.67. The molecule has 0 amide bonds. The number of rotatable bonds is 6. The van der Waals surface area contributed by atoms with Crippen molar-refractivity contribution >= 4 is 27.2 Å². The van der Waals surface area contributed by atoms with E-state index < -0.39 is 15.6 Å². The summed E-state index contributed by atoms with van der Waals surface area (Å²) in [6.07, 6.45) is 4.96. The van der Waals surface area contributed by atoms with Crippen LogP contribution in [0.1, 0.15) is 20.8 Å². The highest BCUT2D eigenvalue weighted by Gasteiger charge is 2.22. The zero-order chi connectivity index (χ0) is 24.6. The van der Waals surface area contributed by atoms with Crippen molar-refractivity contribution in [2.24, 2.45) is 0 Å². The van der Waals surface area contributed by atoms with Crippen molar-refractivity contribution in [1.29, 1.82) is 0 Å². The van der Waals surface area contributed by atoms with Crippen molar-refractivity contribution in [3.05, 3.63) is 79.5 Å². The van der Waals surface area contributed by atoms with Crippen molar-refractivity contribution in [3.8, 4) is 16.9 Å². The first-order chi connectivity index (χ1) is 16.7. The van der Waals surface area contributed by atoms with Crippen LogP contribution < -0.4 is 10.0 Å². The van der Waals surface area contributed by atoms with Gasteiger partial charge in [-0.25, -0.2) is 22.6 Å². The molecule has 35 heavy (non-hydrogen) atoms. The number of benzene rings is 2. The quantitative estimate of drug-likeness (QED) is 0.373. The summed E-state index contributed by atoms with van der Waals surface area (Å²) in [4.78, 5) is 4.61. The number of nitrogens with one attached hydrogen (secondary N) is 2. The lowest BCUT2D eigenvalue weighted by Gasteiger charge is -2.20. The van der Waals surface area contributed by atoms with Gasteiger partial charge in [0.25, 0.3) is 0 Å². The largest absolute Gasteiger partial charge is 0.323 e. The lowest BCUT2D eigenvalue weighted by molar-refractivity contribution is 0.491. The van der Waals surface area contributed by atoms with Crippen LogP contribution in [-0.2, 0) is 10.0 Å². The summed E-state index contributed by atoms with van der Waals surface area (Å²) in [7, 11) is -3.67. The molecular formula is C24H24N8O2S. The highest BCUT2D eigenvalue weighted by atomic mass is 32.2. The molecule has 178 valence electrons. The average molecular weight is 489 g/mol. The van der Waals surface area contributed by atoms with Gasteiger partial charge in [-0.1, -0.05) is 18.2 Å². The monoisotopic (exact) mass is 488 g/mol. The van der Waals surface area contributed by atoms with E-state index in [1.165, 1.54) is 0 Å². The molecule has 0 fully saturated rings. The zero-order valence-corrected chi connectivity index (χ0v) is 20.2. The van der Waals surface area contributed by atoms with Crippen LogP contribution in [-0.4, -0.2) is 43.3 Å². The first kappa shape index (κ1) is 22.7. The maximum Gasteiger partial charge on any atom is 0.245 e. The Bertz CT molecular complexity index is 1600. The second-order valence-corrected chi connectivity index (χ2v) is 10.7. The molecule has 0 aliphatic carbocycles. The maximum atomic E-state index is 12.8. The molecule has 11 heteroatoms. The summed E-state index contributed by atoms with van der Waals surface area (Å²) < 4.78 is 31.9. The van der Waals surface area contributed by atoms with E-state index in [1.807, 2.05) is 63.2 Å². The van der Waals surface area contributed by atoms with Gasteiger partial charge in [-0.05, 0) is 63.2 Å². The summed E-state index contributed by atoms with van der Waals surface area (Å²) in [6, 6.07) is 18.3. The Morgan fingerprint density at radius 3 is 2.46 bits per heavy atom. The fourth-order valence-electron chi connectivity index (χ4n) is 3.67. The number of fused-ring (bicyclic) bond motifs is 1. The van der Waals surface area contributed by atoms with Gasteiger partial charge in [0.2, 0.25) is 16.0 Å². The van der Waals surface area contributed by atoms with Crippen LogP contribution in [0.25, 0.3) is 22.5 Å². The number of hydrogen-bond donors (Lipinski definition) is 2. The minimum Gasteiger partial charge on any atom is -0.323 e. The SMILES string of the molecule is CC(C)(C)NS(=O)(=O)c1cccc(-c2ccc3cnc(Nc4cccc(-n5cnnc5)c4)nn23)c1.